The number of amides is 1. The molecule has 0 spiro atoms. The van der Waals surface area contributed by atoms with Crippen molar-refractivity contribution >= 4 is 11.6 Å². The van der Waals surface area contributed by atoms with Crippen LogP contribution >= 0.6 is 0 Å². The monoisotopic (exact) mass is 231 g/mol. The van der Waals surface area contributed by atoms with Gasteiger partial charge in [0.15, 0.2) is 0 Å². The van der Waals surface area contributed by atoms with Crippen LogP contribution in [0.15, 0.2) is 18.3 Å². The summed E-state index contributed by atoms with van der Waals surface area (Å²) >= 11 is 0. The second-order valence-corrected chi connectivity index (χ2v) is 4.05. The fourth-order valence-corrected chi connectivity index (χ4v) is 1.93. The van der Waals surface area contributed by atoms with Crippen molar-refractivity contribution in [2.45, 2.75) is 27.2 Å². The molecule has 1 amide bonds. The summed E-state index contributed by atoms with van der Waals surface area (Å²) in [6.07, 6.45) is 2.66. The van der Waals surface area contributed by atoms with Gasteiger partial charge in [-0.2, -0.15) is 0 Å². The van der Waals surface area contributed by atoms with E-state index in [1.807, 2.05) is 43.5 Å². The number of aromatic nitrogens is 2. The lowest BCUT2D eigenvalue weighted by molar-refractivity contribution is 0.0949. The van der Waals surface area contributed by atoms with Crippen LogP contribution in [0.2, 0.25) is 0 Å². The van der Waals surface area contributed by atoms with Gasteiger partial charge in [0, 0.05) is 12.7 Å². The number of fused-ring (bicyclic) bond motifs is 1. The van der Waals surface area contributed by atoms with E-state index in [0.29, 0.717) is 12.2 Å². The Morgan fingerprint density at radius 3 is 2.88 bits per heavy atom. The minimum Gasteiger partial charge on any atom is -0.351 e. The Balaban J connectivity index is 2.62. The topological polar surface area (TPSA) is 46.4 Å². The molecule has 0 bridgehead atoms. The molecule has 4 nitrogen and oxygen atoms in total. The van der Waals surface area contributed by atoms with Crippen molar-refractivity contribution in [1.29, 1.82) is 0 Å². The summed E-state index contributed by atoms with van der Waals surface area (Å²) in [5, 5.41) is 2.83. The van der Waals surface area contributed by atoms with Crippen LogP contribution in [-0.4, -0.2) is 21.8 Å². The summed E-state index contributed by atoms with van der Waals surface area (Å²) in [7, 11) is 0. The largest absolute Gasteiger partial charge is 0.351 e. The first-order chi connectivity index (χ1) is 8.17. The van der Waals surface area contributed by atoms with Crippen molar-refractivity contribution in [3.63, 3.8) is 0 Å². The third-order valence-corrected chi connectivity index (χ3v) is 2.74. The van der Waals surface area contributed by atoms with Gasteiger partial charge in [-0.3, -0.25) is 9.20 Å². The van der Waals surface area contributed by atoms with Crippen LogP contribution in [0.4, 0.5) is 0 Å². The first-order valence-corrected chi connectivity index (χ1v) is 5.93. The highest BCUT2D eigenvalue weighted by molar-refractivity contribution is 5.94. The van der Waals surface area contributed by atoms with Crippen LogP contribution in [0.5, 0.6) is 0 Å². The van der Waals surface area contributed by atoms with Crippen molar-refractivity contribution in [3.8, 4) is 0 Å². The third-order valence-electron chi connectivity index (χ3n) is 2.74. The quantitative estimate of drug-likeness (QED) is 0.877. The molecule has 0 aromatic carbocycles. The highest BCUT2D eigenvalue weighted by Gasteiger charge is 2.17. The molecule has 0 radical (unpaired) electrons. The minimum atomic E-state index is -0.0549. The van der Waals surface area contributed by atoms with Crippen molar-refractivity contribution in [1.82, 2.24) is 14.7 Å². The number of nitrogens with one attached hydrogen (secondary N) is 1. The van der Waals surface area contributed by atoms with Gasteiger partial charge in [-0.15, -0.1) is 0 Å². The molecule has 0 saturated heterocycles. The molecule has 4 heteroatoms. The molecule has 0 aliphatic carbocycles. The summed E-state index contributed by atoms with van der Waals surface area (Å²) < 4.78 is 1.86. The first-order valence-electron chi connectivity index (χ1n) is 5.93. The number of pyridine rings is 1. The predicted molar refractivity (Wildman–Crippen MR) is 67.3 cm³/mol. The van der Waals surface area contributed by atoms with E-state index >= 15 is 0 Å². The molecule has 2 rings (SSSR count). The normalized spacial score (nSPS) is 10.8. The van der Waals surface area contributed by atoms with Gasteiger partial charge in [0.05, 0.1) is 5.69 Å². The van der Waals surface area contributed by atoms with E-state index in [-0.39, 0.29) is 5.91 Å². The Labute approximate surface area is 101 Å². The predicted octanol–water partition coefficient (Wildman–Crippen LogP) is 1.95. The van der Waals surface area contributed by atoms with E-state index in [1.165, 1.54) is 0 Å². The SMILES string of the molecule is CCNC(=O)c1c(CC)nc2cc(C)ccn12. The summed E-state index contributed by atoms with van der Waals surface area (Å²) in [6, 6.07) is 3.97. The van der Waals surface area contributed by atoms with Gasteiger partial charge in [-0.25, -0.2) is 4.98 Å². The maximum atomic E-state index is 12.0. The van der Waals surface area contributed by atoms with E-state index in [4.69, 9.17) is 0 Å². The molecule has 0 fully saturated rings. The van der Waals surface area contributed by atoms with Gasteiger partial charge in [0.2, 0.25) is 0 Å². The standard InChI is InChI=1S/C13H17N3O/c1-4-10-12(13(17)14-5-2)16-7-6-9(3)8-11(16)15-10/h6-8H,4-5H2,1-3H3,(H,14,17). The number of nitrogens with zero attached hydrogens (tertiary/aromatic N) is 2. The average Bonchev–Trinajstić information content (AvgIpc) is 2.66. The number of rotatable bonds is 3. The van der Waals surface area contributed by atoms with Crippen LogP contribution < -0.4 is 5.32 Å². The fraction of sp³-hybridized carbons (Fsp3) is 0.385. The fourth-order valence-electron chi connectivity index (χ4n) is 1.93. The highest BCUT2D eigenvalue weighted by Crippen LogP contribution is 2.14. The first kappa shape index (κ1) is 11.6. The smallest absolute Gasteiger partial charge is 0.270 e. The lowest BCUT2D eigenvalue weighted by atomic mass is 10.2. The van der Waals surface area contributed by atoms with Crippen LogP contribution in [-0.2, 0) is 6.42 Å². The molecule has 17 heavy (non-hydrogen) atoms. The van der Waals surface area contributed by atoms with Crippen molar-refractivity contribution < 1.29 is 4.79 Å². The molecule has 0 aliphatic rings. The van der Waals surface area contributed by atoms with Gasteiger partial charge in [0.25, 0.3) is 5.91 Å². The molecule has 1 N–H and O–H groups in total. The van der Waals surface area contributed by atoms with Gasteiger partial charge >= 0.3 is 0 Å². The second-order valence-electron chi connectivity index (χ2n) is 4.05. The average molecular weight is 231 g/mol. The maximum Gasteiger partial charge on any atom is 0.270 e. The number of carbonyl (C=O) groups excluding carboxylic acids is 1. The summed E-state index contributed by atoms with van der Waals surface area (Å²) in [6.45, 7) is 6.57. The minimum absolute atomic E-state index is 0.0549. The molecular weight excluding hydrogens is 214 g/mol. The molecule has 0 aliphatic heterocycles. The molecule has 0 saturated carbocycles. The van der Waals surface area contributed by atoms with E-state index in [0.717, 1.165) is 23.3 Å². The van der Waals surface area contributed by atoms with Gasteiger partial charge in [-0.1, -0.05) is 6.92 Å². The van der Waals surface area contributed by atoms with Crippen LogP contribution in [0, 0.1) is 6.92 Å². The van der Waals surface area contributed by atoms with Gasteiger partial charge < -0.3 is 5.32 Å². The van der Waals surface area contributed by atoms with Crippen LogP contribution in [0.3, 0.4) is 0 Å². The van der Waals surface area contributed by atoms with Crippen molar-refractivity contribution in [2.24, 2.45) is 0 Å². The molecule has 0 atom stereocenters. The Hall–Kier alpha value is -1.84. The molecule has 0 unspecified atom stereocenters. The Morgan fingerprint density at radius 1 is 1.47 bits per heavy atom. The molecular formula is C13H17N3O. The van der Waals surface area contributed by atoms with Crippen molar-refractivity contribution in [2.75, 3.05) is 6.54 Å². The number of imidazole rings is 1. The Bertz CT molecular complexity index is 557. The number of aryl methyl sites for hydroxylation is 2. The maximum absolute atomic E-state index is 12.0. The molecule has 90 valence electrons. The number of hydrogen-bond donors (Lipinski definition) is 1. The zero-order valence-corrected chi connectivity index (χ0v) is 10.4. The van der Waals surface area contributed by atoms with Gasteiger partial charge in [0.1, 0.15) is 11.3 Å². The number of carbonyl (C=O) groups is 1. The lowest BCUT2D eigenvalue weighted by Crippen LogP contribution is -2.25. The van der Waals surface area contributed by atoms with Crippen LogP contribution in [0.1, 0.15) is 35.6 Å². The van der Waals surface area contributed by atoms with Crippen molar-refractivity contribution in [3.05, 3.63) is 35.3 Å². The lowest BCUT2D eigenvalue weighted by Gasteiger charge is -2.04. The van der Waals surface area contributed by atoms with E-state index in [9.17, 15) is 4.79 Å². The van der Waals surface area contributed by atoms with E-state index in [2.05, 4.69) is 10.3 Å². The van der Waals surface area contributed by atoms with Gasteiger partial charge in [-0.05, 0) is 38.0 Å². The zero-order valence-electron chi connectivity index (χ0n) is 10.4. The van der Waals surface area contributed by atoms with E-state index in [1.54, 1.807) is 0 Å². The highest BCUT2D eigenvalue weighted by atomic mass is 16.1. The summed E-state index contributed by atoms with van der Waals surface area (Å²) in [5.74, 6) is -0.0549. The summed E-state index contributed by atoms with van der Waals surface area (Å²) in [5.41, 5.74) is 3.49. The Kier molecular flexibility index (Phi) is 3.13. The summed E-state index contributed by atoms with van der Waals surface area (Å²) in [4.78, 5) is 16.5. The third kappa shape index (κ3) is 2.02. The zero-order chi connectivity index (χ0) is 12.4. The van der Waals surface area contributed by atoms with Crippen LogP contribution in [0.25, 0.3) is 5.65 Å². The molecule has 2 aromatic heterocycles. The Morgan fingerprint density at radius 2 is 2.24 bits per heavy atom. The molecule has 2 aromatic rings. The second kappa shape index (κ2) is 4.57. The molecule has 2 heterocycles. The van der Waals surface area contributed by atoms with E-state index < -0.39 is 0 Å². The number of hydrogen-bond acceptors (Lipinski definition) is 2.